The summed E-state index contributed by atoms with van der Waals surface area (Å²) in [6.45, 7) is 0. The predicted molar refractivity (Wildman–Crippen MR) is 78.4 cm³/mol. The van der Waals surface area contributed by atoms with E-state index >= 15 is 0 Å². The Bertz CT molecular complexity index is 684. The molecule has 2 N–H and O–H groups in total. The summed E-state index contributed by atoms with van der Waals surface area (Å²) in [4.78, 5) is 25.9. The number of hydrogen-bond acceptors (Lipinski definition) is 7. The van der Waals surface area contributed by atoms with Crippen molar-refractivity contribution in [1.29, 1.82) is 0 Å². The Labute approximate surface area is 123 Å². The van der Waals surface area contributed by atoms with Gasteiger partial charge >= 0.3 is 0 Å². The molecule has 0 atom stereocenters. The molecule has 0 aliphatic carbocycles. The maximum Gasteiger partial charge on any atom is 0.286 e. The molecule has 2 rings (SSSR count). The molecule has 0 spiro atoms. The van der Waals surface area contributed by atoms with Crippen LogP contribution < -0.4 is 15.2 Å². The molecule has 0 unspecified atom stereocenters. The van der Waals surface area contributed by atoms with Crippen molar-refractivity contribution in [2.75, 3.05) is 14.2 Å². The predicted octanol–water partition coefficient (Wildman–Crippen LogP) is 1.54. The smallest absolute Gasteiger partial charge is 0.286 e. The minimum atomic E-state index is -0.567. The number of rotatable bonds is 4. The summed E-state index contributed by atoms with van der Waals surface area (Å²) in [7, 11) is 2.79. The van der Waals surface area contributed by atoms with Gasteiger partial charge in [0.15, 0.2) is 16.7 Å². The van der Waals surface area contributed by atoms with Crippen molar-refractivity contribution in [3.8, 4) is 11.5 Å². The van der Waals surface area contributed by atoms with Gasteiger partial charge in [-0.15, -0.1) is 0 Å². The molecule has 1 aliphatic heterocycles. The minimum absolute atomic E-state index is 0.106. The molecule has 9 heteroatoms. The van der Waals surface area contributed by atoms with E-state index in [0.29, 0.717) is 5.75 Å². The second-order valence-corrected chi connectivity index (χ2v) is 4.95. The molecule has 8 nitrogen and oxygen atoms in total. The van der Waals surface area contributed by atoms with Crippen LogP contribution in [0.4, 0.5) is 5.69 Å². The van der Waals surface area contributed by atoms with Gasteiger partial charge in [-0.2, -0.15) is 4.99 Å². The van der Waals surface area contributed by atoms with E-state index < -0.39 is 10.8 Å². The van der Waals surface area contributed by atoms with Gasteiger partial charge in [0.1, 0.15) is 0 Å². The topological polar surface area (TPSA) is 117 Å². The molecule has 0 saturated carbocycles. The summed E-state index contributed by atoms with van der Waals surface area (Å²) in [5, 5.41) is 11.2. The van der Waals surface area contributed by atoms with Crippen molar-refractivity contribution in [2.45, 2.75) is 0 Å². The molecule has 1 aromatic rings. The quantitative estimate of drug-likeness (QED) is 0.509. The molecule has 0 aromatic heterocycles. The van der Waals surface area contributed by atoms with Crippen molar-refractivity contribution in [3.05, 3.63) is 32.7 Å². The maximum absolute atomic E-state index is 11.6. The third-order valence-corrected chi connectivity index (χ3v) is 3.47. The zero-order valence-electron chi connectivity index (χ0n) is 11.2. The van der Waals surface area contributed by atoms with Crippen LogP contribution >= 0.6 is 11.8 Å². The molecular weight excluding hydrogens is 298 g/mol. The first-order valence-electron chi connectivity index (χ1n) is 5.64. The molecule has 0 radical (unpaired) electrons. The number of nitro benzene ring substituents is 1. The van der Waals surface area contributed by atoms with Crippen LogP contribution in [0.2, 0.25) is 0 Å². The molecule has 1 aromatic carbocycles. The van der Waals surface area contributed by atoms with Crippen molar-refractivity contribution < 1.29 is 19.2 Å². The number of methoxy groups -OCH3 is 2. The molecule has 0 saturated heterocycles. The number of carbonyl (C=O) groups is 1. The fraction of sp³-hybridized carbons (Fsp3) is 0.167. The van der Waals surface area contributed by atoms with E-state index in [9.17, 15) is 14.9 Å². The summed E-state index contributed by atoms with van der Waals surface area (Å²) in [6.07, 6.45) is 1.36. The van der Waals surface area contributed by atoms with E-state index in [0.717, 1.165) is 11.8 Å². The summed E-state index contributed by atoms with van der Waals surface area (Å²) in [6, 6.07) is 2.66. The lowest BCUT2D eigenvalue weighted by Gasteiger charge is -2.09. The van der Waals surface area contributed by atoms with Crippen molar-refractivity contribution >= 4 is 34.6 Å². The van der Waals surface area contributed by atoms with E-state index in [1.165, 1.54) is 32.4 Å². The Morgan fingerprint density at radius 3 is 2.43 bits per heavy atom. The number of amides is 1. The van der Waals surface area contributed by atoms with Crippen LogP contribution in [0.1, 0.15) is 5.56 Å². The highest BCUT2D eigenvalue weighted by molar-refractivity contribution is 8.18. The number of amidine groups is 1. The van der Waals surface area contributed by atoms with E-state index in [1.807, 2.05) is 0 Å². The van der Waals surface area contributed by atoms with Gasteiger partial charge in [-0.3, -0.25) is 14.9 Å². The van der Waals surface area contributed by atoms with Crippen LogP contribution in [0.5, 0.6) is 11.5 Å². The number of thioether (sulfide) groups is 1. The molecule has 1 amide bonds. The van der Waals surface area contributed by atoms with Gasteiger partial charge < -0.3 is 15.2 Å². The van der Waals surface area contributed by atoms with Crippen LogP contribution in [0.15, 0.2) is 22.0 Å². The lowest BCUT2D eigenvalue weighted by Crippen LogP contribution is -2.01. The lowest BCUT2D eigenvalue weighted by atomic mass is 10.1. The molecule has 0 bridgehead atoms. The first kappa shape index (κ1) is 14.9. The monoisotopic (exact) mass is 309 g/mol. The SMILES string of the molecule is COc1cc(/C=C2\SC(N)=NC2=O)c([N+](=O)[O-])cc1OC. The Morgan fingerprint density at radius 1 is 1.33 bits per heavy atom. The average Bonchev–Trinajstić information content (AvgIpc) is 2.76. The van der Waals surface area contributed by atoms with Crippen molar-refractivity contribution in [2.24, 2.45) is 10.7 Å². The Kier molecular flexibility index (Phi) is 4.13. The summed E-state index contributed by atoms with van der Waals surface area (Å²) in [5.41, 5.74) is 5.44. The van der Waals surface area contributed by atoms with Crippen LogP contribution in [0, 0.1) is 10.1 Å². The largest absolute Gasteiger partial charge is 0.493 e. The van der Waals surface area contributed by atoms with Gasteiger partial charge in [0.2, 0.25) is 0 Å². The Morgan fingerprint density at radius 2 is 1.95 bits per heavy atom. The van der Waals surface area contributed by atoms with Gasteiger partial charge in [-0.1, -0.05) is 0 Å². The number of nitrogens with two attached hydrogens (primary N) is 1. The van der Waals surface area contributed by atoms with Gasteiger partial charge in [0, 0.05) is 0 Å². The number of nitro groups is 1. The first-order valence-corrected chi connectivity index (χ1v) is 6.46. The number of ether oxygens (including phenoxy) is 2. The molecule has 1 heterocycles. The lowest BCUT2D eigenvalue weighted by molar-refractivity contribution is -0.385. The van der Waals surface area contributed by atoms with Gasteiger partial charge in [-0.05, 0) is 23.9 Å². The molecule has 1 aliphatic rings. The highest BCUT2D eigenvalue weighted by Crippen LogP contribution is 2.37. The molecule has 110 valence electrons. The Hall–Kier alpha value is -2.55. The number of hydrogen-bond donors (Lipinski definition) is 1. The number of aliphatic imine (C=N–C) groups is 1. The fourth-order valence-electron chi connectivity index (χ4n) is 1.72. The average molecular weight is 309 g/mol. The second kappa shape index (κ2) is 5.83. The third-order valence-electron chi connectivity index (χ3n) is 2.65. The number of benzene rings is 1. The highest BCUT2D eigenvalue weighted by Gasteiger charge is 2.23. The number of nitrogens with zero attached hydrogens (tertiary/aromatic N) is 2. The van der Waals surface area contributed by atoms with Crippen LogP contribution in [0.3, 0.4) is 0 Å². The third kappa shape index (κ3) is 2.97. The van der Waals surface area contributed by atoms with Gasteiger partial charge in [0.25, 0.3) is 11.6 Å². The summed E-state index contributed by atoms with van der Waals surface area (Å²) in [5.74, 6) is 0.0217. The summed E-state index contributed by atoms with van der Waals surface area (Å²) >= 11 is 0.957. The normalized spacial score (nSPS) is 16.0. The van der Waals surface area contributed by atoms with E-state index in [2.05, 4.69) is 4.99 Å². The van der Waals surface area contributed by atoms with Crippen LogP contribution in [-0.2, 0) is 4.79 Å². The zero-order valence-corrected chi connectivity index (χ0v) is 12.0. The highest BCUT2D eigenvalue weighted by atomic mass is 32.2. The summed E-state index contributed by atoms with van der Waals surface area (Å²) < 4.78 is 10.1. The van der Waals surface area contributed by atoms with Gasteiger partial charge in [-0.25, -0.2) is 0 Å². The standard InChI is InChI=1S/C12H11N3O5S/c1-19-8-3-6(4-10-11(16)14-12(13)21-10)7(15(17)18)5-9(8)20-2/h3-5H,1-2H3,(H2,13,14,16)/b10-4-. The van der Waals surface area contributed by atoms with E-state index in [1.54, 1.807) is 0 Å². The maximum atomic E-state index is 11.6. The first-order chi connectivity index (χ1) is 9.96. The van der Waals surface area contributed by atoms with E-state index in [-0.39, 0.29) is 27.1 Å². The molecule has 21 heavy (non-hydrogen) atoms. The molecular formula is C12H11N3O5S. The Balaban J connectivity index is 2.55. The minimum Gasteiger partial charge on any atom is -0.493 e. The van der Waals surface area contributed by atoms with E-state index in [4.69, 9.17) is 15.2 Å². The van der Waals surface area contributed by atoms with Crippen LogP contribution in [-0.4, -0.2) is 30.2 Å². The number of carbonyl (C=O) groups excluding carboxylic acids is 1. The second-order valence-electron chi connectivity index (χ2n) is 3.89. The van der Waals surface area contributed by atoms with Crippen molar-refractivity contribution in [1.82, 2.24) is 0 Å². The van der Waals surface area contributed by atoms with Crippen molar-refractivity contribution in [3.63, 3.8) is 0 Å². The fourth-order valence-corrected chi connectivity index (χ4v) is 2.40. The van der Waals surface area contributed by atoms with Crippen LogP contribution in [0.25, 0.3) is 6.08 Å². The zero-order chi connectivity index (χ0) is 15.6. The van der Waals surface area contributed by atoms with Gasteiger partial charge in [0.05, 0.1) is 35.7 Å². The molecule has 0 fully saturated rings.